The Morgan fingerprint density at radius 1 is 1.24 bits per heavy atom. The summed E-state index contributed by atoms with van der Waals surface area (Å²) in [5.74, 6) is -0.438. The molecule has 4 rings (SSSR count). The van der Waals surface area contributed by atoms with Gasteiger partial charge in [-0.25, -0.2) is 8.42 Å². The van der Waals surface area contributed by atoms with Crippen LogP contribution in [0.2, 0.25) is 0 Å². The Balaban J connectivity index is 1.55. The minimum Gasteiger partial charge on any atom is -0.391 e. The predicted molar refractivity (Wildman–Crippen MR) is 93.9 cm³/mol. The molecular formula is C17H19N3O4S. The number of hydrogen-bond donors (Lipinski definition) is 3. The van der Waals surface area contributed by atoms with Gasteiger partial charge < -0.3 is 15.7 Å². The number of sulfonamides is 1. The number of carbonyl (C=O) groups is 1. The number of aliphatic hydroxyl groups excluding tert-OH is 1. The van der Waals surface area contributed by atoms with Crippen LogP contribution in [0.3, 0.4) is 0 Å². The van der Waals surface area contributed by atoms with Gasteiger partial charge in [0.05, 0.1) is 16.7 Å². The molecule has 2 aromatic carbocycles. The van der Waals surface area contributed by atoms with Gasteiger partial charge in [0.1, 0.15) is 6.54 Å². The van der Waals surface area contributed by atoms with Crippen LogP contribution in [0.25, 0.3) is 10.8 Å². The molecule has 132 valence electrons. The second-order valence-electron chi connectivity index (χ2n) is 6.43. The minimum absolute atomic E-state index is 0.0558. The van der Waals surface area contributed by atoms with Crippen molar-refractivity contribution in [1.82, 2.24) is 10.6 Å². The molecule has 0 aromatic heterocycles. The number of anilines is 1. The first-order valence-electron chi connectivity index (χ1n) is 8.18. The molecule has 1 fully saturated rings. The molecule has 0 spiro atoms. The van der Waals surface area contributed by atoms with Crippen molar-refractivity contribution in [3.63, 3.8) is 0 Å². The molecule has 2 aliphatic rings. The number of carbonyl (C=O) groups excluding carboxylic acids is 1. The summed E-state index contributed by atoms with van der Waals surface area (Å²) in [5.41, 5.74) is 0.533. The Bertz CT molecular complexity index is 939. The van der Waals surface area contributed by atoms with Gasteiger partial charge in [-0.2, -0.15) is 0 Å². The maximum atomic E-state index is 12.8. The second kappa shape index (κ2) is 5.98. The SMILES string of the molecule is O=C(CN1c2cccc3cccc(c23)S1(=O)=O)NCC1CNCC1O. The zero-order valence-electron chi connectivity index (χ0n) is 13.5. The van der Waals surface area contributed by atoms with E-state index in [4.69, 9.17) is 0 Å². The van der Waals surface area contributed by atoms with Gasteiger partial charge in [0.15, 0.2) is 0 Å². The number of rotatable bonds is 4. The van der Waals surface area contributed by atoms with Gasteiger partial charge in [0.25, 0.3) is 10.0 Å². The monoisotopic (exact) mass is 361 g/mol. The first kappa shape index (κ1) is 16.3. The Labute approximate surface area is 145 Å². The lowest BCUT2D eigenvalue weighted by atomic mass is 10.1. The molecule has 2 aromatic rings. The predicted octanol–water partition coefficient (Wildman–Crippen LogP) is 0.0450. The lowest BCUT2D eigenvalue weighted by Gasteiger charge is -2.19. The highest BCUT2D eigenvalue weighted by molar-refractivity contribution is 7.93. The van der Waals surface area contributed by atoms with Gasteiger partial charge in [0, 0.05) is 30.9 Å². The fraction of sp³-hybridized carbons (Fsp3) is 0.353. The van der Waals surface area contributed by atoms with Crippen LogP contribution >= 0.6 is 0 Å². The molecule has 0 saturated carbocycles. The van der Waals surface area contributed by atoms with Gasteiger partial charge in [0.2, 0.25) is 5.91 Å². The largest absolute Gasteiger partial charge is 0.391 e. The van der Waals surface area contributed by atoms with Gasteiger partial charge in [-0.1, -0.05) is 24.3 Å². The molecule has 1 amide bonds. The second-order valence-corrected chi connectivity index (χ2v) is 8.26. The maximum absolute atomic E-state index is 12.8. The average Bonchev–Trinajstić information content (AvgIpc) is 3.09. The van der Waals surface area contributed by atoms with E-state index in [-0.39, 0.29) is 23.3 Å². The summed E-state index contributed by atoms with van der Waals surface area (Å²) in [7, 11) is -3.73. The van der Waals surface area contributed by atoms with E-state index in [2.05, 4.69) is 10.6 Å². The van der Waals surface area contributed by atoms with E-state index in [0.717, 1.165) is 9.69 Å². The van der Waals surface area contributed by atoms with Crippen LogP contribution in [0, 0.1) is 5.92 Å². The molecule has 2 unspecified atom stereocenters. The van der Waals surface area contributed by atoms with Gasteiger partial charge in [-0.05, 0) is 17.5 Å². The van der Waals surface area contributed by atoms with Crippen molar-refractivity contribution in [2.24, 2.45) is 5.92 Å². The van der Waals surface area contributed by atoms with Crippen LogP contribution in [-0.2, 0) is 14.8 Å². The van der Waals surface area contributed by atoms with Gasteiger partial charge in [-0.3, -0.25) is 9.10 Å². The summed E-state index contributed by atoms with van der Waals surface area (Å²) in [6, 6.07) is 10.5. The third-order valence-corrected chi connectivity index (χ3v) is 6.64. The lowest BCUT2D eigenvalue weighted by Crippen LogP contribution is -2.42. The van der Waals surface area contributed by atoms with Crippen molar-refractivity contribution in [2.75, 3.05) is 30.5 Å². The van der Waals surface area contributed by atoms with Gasteiger partial charge >= 0.3 is 0 Å². The number of β-amino-alcohol motifs (C(OH)–C–C–N with tert-alkyl or cyclic N) is 1. The van der Waals surface area contributed by atoms with Crippen molar-refractivity contribution < 1.29 is 18.3 Å². The van der Waals surface area contributed by atoms with Crippen LogP contribution in [-0.4, -0.2) is 51.7 Å². The summed E-state index contributed by atoms with van der Waals surface area (Å²) in [4.78, 5) is 12.5. The highest BCUT2D eigenvalue weighted by Crippen LogP contribution is 2.41. The fourth-order valence-electron chi connectivity index (χ4n) is 3.49. The summed E-state index contributed by atoms with van der Waals surface area (Å²) in [5, 5.41) is 17.0. The zero-order chi connectivity index (χ0) is 17.6. The summed E-state index contributed by atoms with van der Waals surface area (Å²) >= 11 is 0. The molecule has 0 aliphatic carbocycles. The molecular weight excluding hydrogens is 342 g/mol. The number of hydrogen-bond acceptors (Lipinski definition) is 5. The standard InChI is InChI=1S/C17H19N3O4S/c21-14-9-18-7-12(14)8-19-16(22)10-20-13-5-1-3-11-4-2-6-15(17(11)13)25(20,23)24/h1-6,12,14,18,21H,7-10H2,(H,19,22). The van der Waals surface area contributed by atoms with Crippen LogP contribution in [0.1, 0.15) is 0 Å². The van der Waals surface area contributed by atoms with Crippen molar-refractivity contribution >= 4 is 32.4 Å². The molecule has 8 heteroatoms. The van der Waals surface area contributed by atoms with Crippen LogP contribution in [0.5, 0.6) is 0 Å². The summed E-state index contributed by atoms with van der Waals surface area (Å²) < 4.78 is 26.8. The average molecular weight is 361 g/mol. The van der Waals surface area contributed by atoms with E-state index in [9.17, 15) is 18.3 Å². The third kappa shape index (κ3) is 2.66. The van der Waals surface area contributed by atoms with Crippen molar-refractivity contribution in [1.29, 1.82) is 0 Å². The normalized spacial score (nSPS) is 24.0. The van der Waals surface area contributed by atoms with Crippen LogP contribution in [0.15, 0.2) is 41.3 Å². The van der Waals surface area contributed by atoms with E-state index in [0.29, 0.717) is 30.7 Å². The highest BCUT2D eigenvalue weighted by atomic mass is 32.2. The lowest BCUT2D eigenvalue weighted by molar-refractivity contribution is -0.119. The molecule has 0 bridgehead atoms. The van der Waals surface area contributed by atoms with E-state index >= 15 is 0 Å². The number of nitrogens with one attached hydrogen (secondary N) is 2. The van der Waals surface area contributed by atoms with Crippen molar-refractivity contribution in [3.8, 4) is 0 Å². The van der Waals surface area contributed by atoms with E-state index < -0.39 is 16.1 Å². The molecule has 2 heterocycles. The van der Waals surface area contributed by atoms with Gasteiger partial charge in [-0.15, -0.1) is 0 Å². The van der Waals surface area contributed by atoms with Crippen molar-refractivity contribution in [3.05, 3.63) is 36.4 Å². The zero-order valence-corrected chi connectivity index (χ0v) is 14.3. The van der Waals surface area contributed by atoms with Crippen LogP contribution < -0.4 is 14.9 Å². The Morgan fingerprint density at radius 2 is 2.00 bits per heavy atom. The molecule has 2 aliphatic heterocycles. The molecule has 25 heavy (non-hydrogen) atoms. The first-order chi connectivity index (χ1) is 12.0. The molecule has 3 N–H and O–H groups in total. The third-order valence-electron chi connectivity index (χ3n) is 4.83. The first-order valence-corrected chi connectivity index (χ1v) is 9.62. The number of aliphatic hydroxyl groups is 1. The number of amides is 1. The molecule has 1 saturated heterocycles. The number of benzene rings is 2. The summed E-state index contributed by atoms with van der Waals surface area (Å²) in [6.45, 7) is 1.19. The van der Waals surface area contributed by atoms with E-state index in [1.807, 2.05) is 12.1 Å². The highest BCUT2D eigenvalue weighted by Gasteiger charge is 2.36. The minimum atomic E-state index is -3.73. The Kier molecular flexibility index (Phi) is 3.90. The molecule has 2 atom stereocenters. The summed E-state index contributed by atoms with van der Waals surface area (Å²) in [6.07, 6.45) is -0.492. The van der Waals surface area contributed by atoms with Crippen molar-refractivity contribution in [2.45, 2.75) is 11.0 Å². The maximum Gasteiger partial charge on any atom is 0.265 e. The number of nitrogens with zero attached hydrogens (tertiary/aromatic N) is 1. The van der Waals surface area contributed by atoms with Crippen LogP contribution in [0.4, 0.5) is 5.69 Å². The Hall–Kier alpha value is -2.16. The van der Waals surface area contributed by atoms with E-state index in [1.54, 1.807) is 24.3 Å². The van der Waals surface area contributed by atoms with E-state index in [1.165, 1.54) is 0 Å². The quantitative estimate of drug-likeness (QED) is 0.715. The smallest absolute Gasteiger partial charge is 0.265 e. The molecule has 7 nitrogen and oxygen atoms in total. The topological polar surface area (TPSA) is 98.7 Å². The molecule has 0 radical (unpaired) electrons. The Morgan fingerprint density at radius 3 is 2.72 bits per heavy atom. The fourth-order valence-corrected chi connectivity index (χ4v) is 5.15.